The number of methoxy groups -OCH3 is 1. The van der Waals surface area contributed by atoms with Crippen LogP contribution in [-0.4, -0.2) is 86.9 Å². The summed E-state index contributed by atoms with van der Waals surface area (Å²) in [6.07, 6.45) is 1.55. The number of nitrogens with one attached hydrogen (secondary N) is 1. The smallest absolute Gasteiger partial charge is 0.254 e. The zero-order valence-electron chi connectivity index (χ0n) is 14.7. The molecule has 0 spiro atoms. The van der Waals surface area contributed by atoms with Crippen LogP contribution in [0.2, 0.25) is 0 Å². The van der Waals surface area contributed by atoms with Gasteiger partial charge in [-0.1, -0.05) is 6.92 Å². The van der Waals surface area contributed by atoms with Crippen LogP contribution in [0.4, 0.5) is 0 Å². The second-order valence-corrected chi connectivity index (χ2v) is 6.85. The summed E-state index contributed by atoms with van der Waals surface area (Å²) in [5.74, 6) is 0.705. The Labute approximate surface area is 157 Å². The molecule has 2 atom stereocenters. The summed E-state index contributed by atoms with van der Waals surface area (Å²) in [6, 6.07) is 0.462. The number of amides is 1. The van der Waals surface area contributed by atoms with Crippen molar-refractivity contribution in [3.8, 4) is 0 Å². The molecule has 3 heterocycles. The Morgan fingerprint density at radius 1 is 1.17 bits per heavy atom. The molecule has 3 aliphatic rings. The lowest BCUT2D eigenvalue weighted by atomic mass is 9.90. The fourth-order valence-electron chi connectivity index (χ4n) is 4.12. The van der Waals surface area contributed by atoms with E-state index in [-0.39, 0.29) is 30.7 Å². The lowest BCUT2D eigenvalue weighted by molar-refractivity contribution is -0.157. The Balaban J connectivity index is 0.00000144. The van der Waals surface area contributed by atoms with E-state index in [4.69, 9.17) is 9.47 Å². The molecule has 0 bridgehead atoms. The van der Waals surface area contributed by atoms with Crippen molar-refractivity contribution in [2.24, 2.45) is 5.92 Å². The number of piperidine rings is 1. The van der Waals surface area contributed by atoms with E-state index in [0.29, 0.717) is 12.0 Å². The normalized spacial score (nSPS) is 30.3. The van der Waals surface area contributed by atoms with E-state index >= 15 is 0 Å². The van der Waals surface area contributed by atoms with Gasteiger partial charge in [-0.3, -0.25) is 9.69 Å². The number of hydrogen-bond acceptors (Lipinski definition) is 5. The zero-order valence-corrected chi connectivity index (χ0v) is 16.3. The third kappa shape index (κ3) is 4.34. The minimum Gasteiger partial charge on any atom is -0.379 e. The van der Waals surface area contributed by atoms with Gasteiger partial charge in [-0.15, -0.1) is 24.8 Å². The van der Waals surface area contributed by atoms with E-state index in [1.165, 1.54) is 0 Å². The second kappa shape index (κ2) is 9.55. The molecule has 1 N–H and O–H groups in total. The summed E-state index contributed by atoms with van der Waals surface area (Å²) in [4.78, 5) is 17.6. The van der Waals surface area contributed by atoms with Gasteiger partial charge in [0.05, 0.1) is 13.2 Å². The molecule has 0 radical (unpaired) electrons. The molecule has 2 unspecified atom stereocenters. The molecule has 3 aliphatic heterocycles. The zero-order chi connectivity index (χ0) is 15.6. The number of carbonyl (C=O) groups is 1. The Bertz CT molecular complexity index is 402. The van der Waals surface area contributed by atoms with Crippen LogP contribution in [0, 0.1) is 5.92 Å². The van der Waals surface area contributed by atoms with Crippen LogP contribution in [0.15, 0.2) is 0 Å². The molecule has 0 aliphatic carbocycles. The van der Waals surface area contributed by atoms with E-state index in [1.54, 1.807) is 7.11 Å². The minimum atomic E-state index is -0.606. The molecular weight excluding hydrogens is 353 g/mol. The molecule has 3 fully saturated rings. The van der Waals surface area contributed by atoms with Crippen molar-refractivity contribution in [3.05, 3.63) is 0 Å². The number of hydrogen-bond donors (Lipinski definition) is 1. The quantitative estimate of drug-likeness (QED) is 0.780. The first-order valence-electron chi connectivity index (χ1n) is 8.53. The van der Waals surface area contributed by atoms with Crippen molar-refractivity contribution in [3.63, 3.8) is 0 Å². The predicted octanol–water partition coefficient (Wildman–Crippen LogP) is 0.778. The maximum atomic E-state index is 13.1. The van der Waals surface area contributed by atoms with Crippen LogP contribution in [0.3, 0.4) is 0 Å². The first kappa shape index (κ1) is 21.9. The molecule has 6 nitrogen and oxygen atoms in total. The maximum Gasteiger partial charge on any atom is 0.254 e. The van der Waals surface area contributed by atoms with Crippen molar-refractivity contribution in [1.82, 2.24) is 15.1 Å². The molecule has 3 saturated heterocycles. The highest BCUT2D eigenvalue weighted by atomic mass is 35.5. The van der Waals surface area contributed by atoms with Gasteiger partial charge in [-0.05, 0) is 31.8 Å². The molecule has 1 amide bonds. The van der Waals surface area contributed by atoms with E-state index in [1.807, 2.05) is 4.90 Å². The van der Waals surface area contributed by atoms with E-state index in [0.717, 1.165) is 65.3 Å². The molecule has 8 heteroatoms. The van der Waals surface area contributed by atoms with Crippen molar-refractivity contribution >= 4 is 30.7 Å². The Morgan fingerprint density at radius 2 is 1.79 bits per heavy atom. The van der Waals surface area contributed by atoms with E-state index < -0.39 is 5.60 Å². The standard InChI is InChI=1S/C16H29N3O3.2ClH/c1-13-11-19(12-14(13)18-7-9-22-10-8-18)15(20)16(21-2)3-5-17-6-4-16;;/h13-14,17H,3-12H2,1-2H3;2*1H. The first-order chi connectivity index (χ1) is 10.7. The van der Waals surface area contributed by atoms with Gasteiger partial charge in [0.1, 0.15) is 5.60 Å². The Hall–Kier alpha value is -0.110. The van der Waals surface area contributed by atoms with Gasteiger partial charge >= 0.3 is 0 Å². The number of carbonyl (C=O) groups excluding carboxylic acids is 1. The fourth-order valence-corrected chi connectivity index (χ4v) is 4.12. The molecule has 24 heavy (non-hydrogen) atoms. The topological polar surface area (TPSA) is 54.0 Å². The van der Waals surface area contributed by atoms with Crippen LogP contribution in [0.1, 0.15) is 19.8 Å². The molecule has 0 aromatic heterocycles. The van der Waals surface area contributed by atoms with Crippen LogP contribution >= 0.6 is 24.8 Å². The van der Waals surface area contributed by atoms with Gasteiger partial charge in [0.2, 0.25) is 0 Å². The molecule has 142 valence electrons. The van der Waals surface area contributed by atoms with Gasteiger partial charge in [-0.25, -0.2) is 0 Å². The SMILES string of the molecule is COC1(C(=O)N2CC(C)C(N3CCOCC3)C2)CCNCC1.Cl.Cl. The predicted molar refractivity (Wildman–Crippen MR) is 98.3 cm³/mol. The largest absolute Gasteiger partial charge is 0.379 e. The highest BCUT2D eigenvalue weighted by molar-refractivity contribution is 5.86. The maximum absolute atomic E-state index is 13.1. The van der Waals surface area contributed by atoms with Gasteiger partial charge in [0.15, 0.2) is 0 Å². The van der Waals surface area contributed by atoms with Crippen molar-refractivity contribution in [2.75, 3.05) is 59.6 Å². The molecule has 0 saturated carbocycles. The third-order valence-corrected chi connectivity index (χ3v) is 5.57. The molecule has 0 aromatic carbocycles. The number of likely N-dealkylation sites (tertiary alicyclic amines) is 1. The van der Waals surface area contributed by atoms with Crippen LogP contribution < -0.4 is 5.32 Å². The van der Waals surface area contributed by atoms with Gasteiger partial charge in [0.25, 0.3) is 5.91 Å². The summed E-state index contributed by atoms with van der Waals surface area (Å²) >= 11 is 0. The Morgan fingerprint density at radius 3 is 2.38 bits per heavy atom. The van der Waals surface area contributed by atoms with Crippen LogP contribution in [0.5, 0.6) is 0 Å². The van der Waals surface area contributed by atoms with Crippen molar-refractivity contribution in [2.45, 2.75) is 31.4 Å². The van der Waals surface area contributed by atoms with Gasteiger partial charge in [-0.2, -0.15) is 0 Å². The number of halogens is 2. The van der Waals surface area contributed by atoms with E-state index in [9.17, 15) is 4.79 Å². The number of rotatable bonds is 3. The van der Waals surface area contributed by atoms with Gasteiger partial charge < -0.3 is 19.7 Å². The fraction of sp³-hybridized carbons (Fsp3) is 0.938. The summed E-state index contributed by atoms with van der Waals surface area (Å²) in [6.45, 7) is 9.24. The molecule has 0 aromatic rings. The summed E-state index contributed by atoms with van der Waals surface area (Å²) in [5, 5.41) is 3.32. The number of nitrogens with zero attached hydrogens (tertiary/aromatic N) is 2. The third-order valence-electron chi connectivity index (χ3n) is 5.57. The number of ether oxygens (including phenoxy) is 2. The van der Waals surface area contributed by atoms with Crippen molar-refractivity contribution < 1.29 is 14.3 Å². The average Bonchev–Trinajstić information content (AvgIpc) is 2.97. The van der Waals surface area contributed by atoms with Gasteiger partial charge in [0, 0.05) is 39.3 Å². The van der Waals surface area contributed by atoms with Crippen LogP contribution in [-0.2, 0) is 14.3 Å². The van der Waals surface area contributed by atoms with E-state index in [2.05, 4.69) is 17.1 Å². The summed E-state index contributed by atoms with van der Waals surface area (Å²) < 4.78 is 11.2. The first-order valence-corrected chi connectivity index (χ1v) is 8.53. The van der Waals surface area contributed by atoms with Crippen LogP contribution in [0.25, 0.3) is 0 Å². The van der Waals surface area contributed by atoms with Crippen molar-refractivity contribution in [1.29, 1.82) is 0 Å². The lowest BCUT2D eigenvalue weighted by Gasteiger charge is -2.38. The average molecular weight is 384 g/mol. The Kier molecular flexibility index (Phi) is 8.73. The minimum absolute atomic E-state index is 0. The highest BCUT2D eigenvalue weighted by Crippen LogP contribution is 2.30. The monoisotopic (exact) mass is 383 g/mol. The molecule has 3 rings (SSSR count). The lowest BCUT2D eigenvalue weighted by Crippen LogP contribution is -2.55. The highest BCUT2D eigenvalue weighted by Gasteiger charge is 2.46. The second-order valence-electron chi connectivity index (χ2n) is 6.85. The summed E-state index contributed by atoms with van der Waals surface area (Å²) in [5.41, 5.74) is -0.606. The number of morpholine rings is 1. The summed E-state index contributed by atoms with van der Waals surface area (Å²) in [7, 11) is 1.68. The molecular formula is C16H31Cl2N3O3.